The molecule has 6 unspecified atom stereocenters. The van der Waals surface area contributed by atoms with E-state index in [-0.39, 0.29) is 47.9 Å². The number of hydrogen-bond donors (Lipinski definition) is 1. The van der Waals surface area contributed by atoms with Gasteiger partial charge in [-0.2, -0.15) is 0 Å². The molecule has 0 aromatic heterocycles. The summed E-state index contributed by atoms with van der Waals surface area (Å²) >= 11 is 0. The van der Waals surface area contributed by atoms with Crippen LogP contribution in [0.1, 0.15) is 47.0 Å². The largest absolute Gasteiger partial charge is 0.459 e. The van der Waals surface area contributed by atoms with Crippen molar-refractivity contribution in [3.8, 4) is 0 Å². The summed E-state index contributed by atoms with van der Waals surface area (Å²) in [5.74, 6) is -0.210. The van der Waals surface area contributed by atoms with Crippen molar-refractivity contribution in [1.82, 2.24) is 5.32 Å². The number of carbonyl (C=O) groups is 1. The molecular weight excluding hydrogens is 358 g/mol. The van der Waals surface area contributed by atoms with Crippen molar-refractivity contribution in [2.75, 3.05) is 26.8 Å². The van der Waals surface area contributed by atoms with Gasteiger partial charge >= 0.3 is 5.97 Å². The molecule has 2 aliphatic heterocycles. The fourth-order valence-corrected chi connectivity index (χ4v) is 4.66. The van der Waals surface area contributed by atoms with Crippen LogP contribution in [0.4, 0.5) is 0 Å². The zero-order valence-corrected chi connectivity index (χ0v) is 17.9. The second-order valence-corrected chi connectivity index (χ2v) is 8.97. The lowest BCUT2D eigenvalue weighted by Gasteiger charge is -2.42. The molecule has 0 amide bonds. The van der Waals surface area contributed by atoms with Crippen LogP contribution in [-0.4, -0.2) is 62.3 Å². The Labute approximate surface area is 168 Å². The second-order valence-electron chi connectivity index (χ2n) is 8.97. The molecule has 0 aromatic rings. The highest BCUT2D eigenvalue weighted by atomic mass is 16.6. The Balaban J connectivity index is 1.66. The maximum Gasteiger partial charge on any atom is 0.320 e. The Hall–Kier alpha value is -1.21. The van der Waals surface area contributed by atoms with Crippen molar-refractivity contribution < 1.29 is 23.7 Å². The van der Waals surface area contributed by atoms with Crippen molar-refractivity contribution >= 4 is 5.97 Å². The molecule has 2 saturated heterocycles. The molecule has 0 bridgehead atoms. The average Bonchev–Trinajstić information content (AvgIpc) is 3.52. The molecule has 1 spiro atoms. The van der Waals surface area contributed by atoms with Gasteiger partial charge in [0, 0.05) is 13.7 Å². The molecule has 158 valence electrons. The first-order chi connectivity index (χ1) is 13.2. The summed E-state index contributed by atoms with van der Waals surface area (Å²) in [6.07, 6.45) is 4.34. The number of nitrogens with one attached hydrogen (secondary N) is 1. The Morgan fingerprint density at radius 1 is 1.32 bits per heavy atom. The van der Waals surface area contributed by atoms with Crippen LogP contribution in [0.5, 0.6) is 0 Å². The zero-order valence-electron chi connectivity index (χ0n) is 17.9. The predicted molar refractivity (Wildman–Crippen MR) is 107 cm³/mol. The number of ether oxygens (including phenoxy) is 4. The van der Waals surface area contributed by atoms with Crippen LogP contribution >= 0.6 is 0 Å². The van der Waals surface area contributed by atoms with Gasteiger partial charge in [0.2, 0.25) is 0 Å². The van der Waals surface area contributed by atoms with Crippen molar-refractivity contribution in [1.29, 1.82) is 0 Å². The van der Waals surface area contributed by atoms with Crippen molar-refractivity contribution in [3.05, 3.63) is 23.8 Å². The maximum atomic E-state index is 12.3. The third-order valence-corrected chi connectivity index (χ3v) is 6.22. The van der Waals surface area contributed by atoms with Gasteiger partial charge in [0.25, 0.3) is 0 Å². The molecule has 1 aliphatic carbocycles. The van der Waals surface area contributed by atoms with Crippen molar-refractivity contribution in [2.24, 2.45) is 5.92 Å². The van der Waals surface area contributed by atoms with Gasteiger partial charge in [-0.05, 0) is 47.0 Å². The van der Waals surface area contributed by atoms with E-state index < -0.39 is 0 Å². The molecule has 2 heterocycles. The van der Waals surface area contributed by atoms with Gasteiger partial charge in [0.15, 0.2) is 0 Å². The van der Waals surface area contributed by atoms with Crippen LogP contribution in [0.3, 0.4) is 0 Å². The van der Waals surface area contributed by atoms with E-state index in [1.807, 2.05) is 6.92 Å². The van der Waals surface area contributed by atoms with E-state index in [0.29, 0.717) is 6.54 Å². The summed E-state index contributed by atoms with van der Waals surface area (Å²) in [6.45, 7) is 13.6. The van der Waals surface area contributed by atoms with Crippen LogP contribution in [0.25, 0.3) is 0 Å². The molecule has 1 saturated carbocycles. The molecule has 3 rings (SSSR count). The Morgan fingerprint density at radius 3 is 2.61 bits per heavy atom. The highest BCUT2D eigenvalue weighted by Gasteiger charge is 2.72. The lowest BCUT2D eigenvalue weighted by molar-refractivity contribution is -0.170. The first kappa shape index (κ1) is 21.5. The Bertz CT molecular complexity index is 637. The first-order valence-corrected chi connectivity index (χ1v) is 10.2. The van der Waals surface area contributed by atoms with E-state index in [2.05, 4.69) is 38.7 Å². The number of carbonyl (C=O) groups excluding carboxylic acids is 1. The number of hydrogen-bond acceptors (Lipinski definition) is 6. The standard InChI is InChI=1S/C22H35NO5/c1-14(2)7-8-17-21(5,28-17)20-19(25-6)16(9-10-22(20)13-26-22)27-18(24)12-23-11-15(3)4/h7,16-17,19-20,23H,3,8-13H2,1-2,4-6H3. The molecule has 28 heavy (non-hydrogen) atoms. The topological polar surface area (TPSA) is 72.6 Å². The van der Waals surface area contributed by atoms with E-state index in [1.54, 1.807) is 7.11 Å². The van der Waals surface area contributed by atoms with Gasteiger partial charge in [0.1, 0.15) is 23.4 Å². The normalized spacial score (nSPS) is 38.8. The Morgan fingerprint density at radius 2 is 2.04 bits per heavy atom. The molecule has 6 heteroatoms. The fraction of sp³-hybridized carbons (Fsp3) is 0.773. The van der Waals surface area contributed by atoms with Crippen LogP contribution in [0, 0.1) is 5.92 Å². The third-order valence-electron chi connectivity index (χ3n) is 6.22. The van der Waals surface area contributed by atoms with E-state index >= 15 is 0 Å². The Kier molecular flexibility index (Phi) is 6.35. The summed E-state index contributed by atoms with van der Waals surface area (Å²) in [5.41, 5.74) is 1.76. The number of allylic oxidation sites excluding steroid dienone is 1. The maximum absolute atomic E-state index is 12.3. The second kappa shape index (κ2) is 8.27. The fourth-order valence-electron chi connectivity index (χ4n) is 4.66. The van der Waals surface area contributed by atoms with Gasteiger partial charge in [-0.25, -0.2) is 0 Å². The molecule has 3 fully saturated rings. The summed E-state index contributed by atoms with van der Waals surface area (Å²) in [5, 5.41) is 3.05. The third kappa shape index (κ3) is 4.51. The van der Waals surface area contributed by atoms with Gasteiger partial charge in [0.05, 0.1) is 25.2 Å². The minimum absolute atomic E-state index is 0.0514. The quantitative estimate of drug-likeness (QED) is 0.369. The van der Waals surface area contributed by atoms with Gasteiger partial charge < -0.3 is 24.3 Å². The lowest BCUT2D eigenvalue weighted by atomic mass is 9.68. The van der Waals surface area contributed by atoms with Crippen molar-refractivity contribution in [3.63, 3.8) is 0 Å². The molecule has 1 N–H and O–H groups in total. The van der Waals surface area contributed by atoms with Crippen LogP contribution in [0.2, 0.25) is 0 Å². The monoisotopic (exact) mass is 393 g/mol. The van der Waals surface area contributed by atoms with Crippen molar-refractivity contribution in [2.45, 2.75) is 76.5 Å². The molecule has 6 nitrogen and oxygen atoms in total. The molecule has 0 aromatic carbocycles. The average molecular weight is 394 g/mol. The predicted octanol–water partition coefficient (Wildman–Crippen LogP) is 2.77. The SMILES string of the molecule is C=C(C)CNCC(=O)OC1CCC2(CO2)C(C2(C)OC2CC=C(C)C)C1OC. The van der Waals surface area contributed by atoms with E-state index in [9.17, 15) is 4.79 Å². The smallest absolute Gasteiger partial charge is 0.320 e. The number of rotatable bonds is 9. The van der Waals surface area contributed by atoms with Crippen LogP contribution in [-0.2, 0) is 23.7 Å². The molecule has 0 radical (unpaired) electrons. The summed E-state index contributed by atoms with van der Waals surface area (Å²) < 4.78 is 23.8. The summed E-state index contributed by atoms with van der Waals surface area (Å²) in [7, 11) is 1.69. The lowest BCUT2D eigenvalue weighted by Crippen LogP contribution is -2.56. The molecular formula is C22H35NO5. The van der Waals surface area contributed by atoms with Gasteiger partial charge in [-0.15, -0.1) is 0 Å². The minimum Gasteiger partial charge on any atom is -0.459 e. The molecule has 3 aliphatic rings. The van der Waals surface area contributed by atoms with E-state index in [1.165, 1.54) is 5.57 Å². The molecule has 6 atom stereocenters. The van der Waals surface area contributed by atoms with E-state index in [4.69, 9.17) is 18.9 Å². The first-order valence-electron chi connectivity index (χ1n) is 10.2. The number of epoxide rings is 2. The summed E-state index contributed by atoms with van der Waals surface area (Å²) in [4.78, 5) is 12.3. The zero-order chi connectivity index (χ0) is 20.5. The summed E-state index contributed by atoms with van der Waals surface area (Å²) in [6, 6.07) is 0. The van der Waals surface area contributed by atoms with Crippen LogP contribution in [0.15, 0.2) is 23.8 Å². The van der Waals surface area contributed by atoms with Gasteiger partial charge in [-0.1, -0.05) is 23.8 Å². The highest BCUT2D eigenvalue weighted by Crippen LogP contribution is 2.59. The van der Waals surface area contributed by atoms with E-state index in [0.717, 1.165) is 31.4 Å². The van der Waals surface area contributed by atoms with Crippen LogP contribution < -0.4 is 5.32 Å². The minimum atomic E-state index is -0.313. The number of methoxy groups -OCH3 is 1. The van der Waals surface area contributed by atoms with Gasteiger partial charge in [-0.3, -0.25) is 4.79 Å². The highest BCUT2D eigenvalue weighted by molar-refractivity contribution is 5.72. The number of esters is 1.